The summed E-state index contributed by atoms with van der Waals surface area (Å²) in [7, 11) is 0. The minimum absolute atomic E-state index is 0.0566. The number of nitrogens with zero attached hydrogens (tertiary/aromatic N) is 1. The van der Waals surface area contributed by atoms with Crippen LogP contribution in [0.1, 0.15) is 40.7 Å². The van der Waals surface area contributed by atoms with Crippen molar-refractivity contribution in [2.75, 3.05) is 6.54 Å². The van der Waals surface area contributed by atoms with Gasteiger partial charge in [-0.25, -0.2) is 0 Å². The summed E-state index contributed by atoms with van der Waals surface area (Å²) in [5.74, 6) is -0.0566. The standard InChI is InChI=1S/C27H30N2O2/c30-27(24-16-8-3-9-17-24)28-26-25(31-21-23-14-6-2-7-15-23)18-10-11-19-29(26)20-22-12-4-1-5-13-22/h1-9,12-17,25-26H,10-11,18-21H2,(H,28,30). The summed E-state index contributed by atoms with van der Waals surface area (Å²) >= 11 is 0. The molecule has 0 radical (unpaired) electrons. The first-order valence-corrected chi connectivity index (χ1v) is 11.1. The Hall–Kier alpha value is -2.95. The number of carbonyl (C=O) groups is 1. The van der Waals surface area contributed by atoms with Gasteiger partial charge in [-0.2, -0.15) is 0 Å². The fourth-order valence-electron chi connectivity index (χ4n) is 4.13. The third-order valence-electron chi connectivity index (χ3n) is 5.78. The Balaban J connectivity index is 1.54. The molecule has 1 aliphatic rings. The number of likely N-dealkylation sites (tertiary alicyclic amines) is 1. The number of hydrogen-bond donors (Lipinski definition) is 1. The second kappa shape index (κ2) is 10.9. The molecule has 1 saturated heterocycles. The van der Waals surface area contributed by atoms with Gasteiger partial charge in [0, 0.05) is 18.7 Å². The van der Waals surface area contributed by atoms with Gasteiger partial charge in [-0.3, -0.25) is 9.69 Å². The van der Waals surface area contributed by atoms with Crippen molar-refractivity contribution < 1.29 is 9.53 Å². The van der Waals surface area contributed by atoms with E-state index in [2.05, 4.69) is 46.6 Å². The topological polar surface area (TPSA) is 41.6 Å². The molecule has 1 N–H and O–H groups in total. The van der Waals surface area contributed by atoms with Crippen molar-refractivity contribution in [3.8, 4) is 0 Å². The monoisotopic (exact) mass is 414 g/mol. The lowest BCUT2D eigenvalue weighted by atomic mass is 10.1. The van der Waals surface area contributed by atoms with E-state index in [0.717, 1.165) is 37.9 Å². The van der Waals surface area contributed by atoms with Gasteiger partial charge in [0.2, 0.25) is 0 Å². The maximum atomic E-state index is 13.0. The highest BCUT2D eigenvalue weighted by Crippen LogP contribution is 2.22. The smallest absolute Gasteiger partial charge is 0.252 e. The lowest BCUT2D eigenvalue weighted by Gasteiger charge is -2.35. The Bertz CT molecular complexity index is 931. The van der Waals surface area contributed by atoms with E-state index < -0.39 is 0 Å². The number of amides is 1. The second-order valence-corrected chi connectivity index (χ2v) is 8.07. The molecule has 2 atom stereocenters. The quantitative estimate of drug-likeness (QED) is 0.591. The minimum atomic E-state index is -0.181. The molecule has 0 bridgehead atoms. The summed E-state index contributed by atoms with van der Waals surface area (Å²) in [6.45, 7) is 2.26. The first-order valence-electron chi connectivity index (χ1n) is 11.1. The minimum Gasteiger partial charge on any atom is -0.370 e. The lowest BCUT2D eigenvalue weighted by molar-refractivity contribution is -0.0317. The first-order chi connectivity index (χ1) is 15.3. The lowest BCUT2D eigenvalue weighted by Crippen LogP contribution is -2.54. The zero-order valence-corrected chi connectivity index (χ0v) is 17.8. The van der Waals surface area contributed by atoms with Crippen molar-refractivity contribution in [2.45, 2.75) is 44.7 Å². The van der Waals surface area contributed by atoms with Gasteiger partial charge in [-0.1, -0.05) is 78.9 Å². The van der Waals surface area contributed by atoms with Crippen LogP contribution in [0.15, 0.2) is 91.0 Å². The maximum absolute atomic E-state index is 13.0. The molecule has 160 valence electrons. The van der Waals surface area contributed by atoms with Gasteiger partial charge in [0.25, 0.3) is 5.91 Å². The molecule has 31 heavy (non-hydrogen) atoms. The molecule has 3 aromatic carbocycles. The van der Waals surface area contributed by atoms with Crippen LogP contribution in [0.4, 0.5) is 0 Å². The van der Waals surface area contributed by atoms with Crippen molar-refractivity contribution in [3.05, 3.63) is 108 Å². The largest absolute Gasteiger partial charge is 0.370 e. The summed E-state index contributed by atoms with van der Waals surface area (Å²) in [5.41, 5.74) is 3.06. The van der Waals surface area contributed by atoms with Crippen LogP contribution in [-0.4, -0.2) is 29.6 Å². The molecule has 1 fully saturated rings. The number of hydrogen-bond acceptors (Lipinski definition) is 3. The Morgan fingerprint density at radius 2 is 1.45 bits per heavy atom. The highest BCUT2D eigenvalue weighted by Gasteiger charge is 2.32. The molecule has 0 aliphatic carbocycles. The van der Waals surface area contributed by atoms with Crippen LogP contribution in [0.2, 0.25) is 0 Å². The molecule has 2 unspecified atom stereocenters. The predicted molar refractivity (Wildman–Crippen MR) is 123 cm³/mol. The van der Waals surface area contributed by atoms with Gasteiger partial charge < -0.3 is 10.1 Å². The summed E-state index contributed by atoms with van der Waals surface area (Å²) < 4.78 is 6.41. The molecule has 3 aromatic rings. The van der Waals surface area contributed by atoms with E-state index in [1.54, 1.807) is 0 Å². The van der Waals surface area contributed by atoms with Gasteiger partial charge in [-0.05, 0) is 42.5 Å². The van der Waals surface area contributed by atoms with E-state index in [9.17, 15) is 4.79 Å². The Morgan fingerprint density at radius 3 is 2.13 bits per heavy atom. The summed E-state index contributed by atoms with van der Waals surface area (Å²) in [6, 6.07) is 30.1. The zero-order chi connectivity index (χ0) is 21.3. The van der Waals surface area contributed by atoms with Crippen molar-refractivity contribution in [2.24, 2.45) is 0 Å². The third kappa shape index (κ3) is 6.03. The molecular formula is C27H30N2O2. The van der Waals surface area contributed by atoms with Crippen molar-refractivity contribution in [1.82, 2.24) is 10.2 Å². The van der Waals surface area contributed by atoms with Gasteiger partial charge in [0.1, 0.15) is 6.17 Å². The molecule has 1 aliphatic heterocycles. The van der Waals surface area contributed by atoms with Crippen LogP contribution in [-0.2, 0) is 17.9 Å². The van der Waals surface area contributed by atoms with Crippen LogP contribution in [0.25, 0.3) is 0 Å². The Labute approximate surface area is 184 Å². The van der Waals surface area contributed by atoms with Gasteiger partial charge in [0.15, 0.2) is 0 Å². The van der Waals surface area contributed by atoms with Crippen molar-refractivity contribution >= 4 is 5.91 Å². The van der Waals surface area contributed by atoms with Crippen LogP contribution in [0, 0.1) is 0 Å². The third-order valence-corrected chi connectivity index (χ3v) is 5.78. The molecule has 1 amide bonds. The Morgan fingerprint density at radius 1 is 0.839 bits per heavy atom. The normalized spacial score (nSPS) is 19.5. The molecule has 0 saturated carbocycles. The zero-order valence-electron chi connectivity index (χ0n) is 17.8. The molecule has 4 heteroatoms. The van der Waals surface area contributed by atoms with E-state index in [-0.39, 0.29) is 18.2 Å². The van der Waals surface area contributed by atoms with Crippen LogP contribution in [0.3, 0.4) is 0 Å². The summed E-state index contributed by atoms with van der Waals surface area (Å²) in [6.07, 6.45) is 2.86. The average Bonchev–Trinajstić information content (AvgIpc) is 3.01. The molecule has 0 spiro atoms. The van der Waals surface area contributed by atoms with Crippen molar-refractivity contribution in [1.29, 1.82) is 0 Å². The van der Waals surface area contributed by atoms with Gasteiger partial charge in [-0.15, -0.1) is 0 Å². The number of nitrogens with one attached hydrogen (secondary N) is 1. The molecule has 1 heterocycles. The molecule has 4 rings (SSSR count). The van der Waals surface area contributed by atoms with Crippen LogP contribution >= 0.6 is 0 Å². The van der Waals surface area contributed by atoms with Crippen LogP contribution < -0.4 is 5.32 Å². The number of ether oxygens (including phenoxy) is 1. The predicted octanol–water partition coefficient (Wildman–Crippen LogP) is 5.01. The molecular weight excluding hydrogens is 384 g/mol. The Kier molecular flexibility index (Phi) is 7.48. The summed E-state index contributed by atoms with van der Waals surface area (Å²) in [5, 5.41) is 3.29. The van der Waals surface area contributed by atoms with E-state index in [1.165, 1.54) is 5.56 Å². The maximum Gasteiger partial charge on any atom is 0.252 e. The highest BCUT2D eigenvalue weighted by molar-refractivity contribution is 5.94. The number of rotatable bonds is 7. The van der Waals surface area contributed by atoms with Crippen LogP contribution in [0.5, 0.6) is 0 Å². The van der Waals surface area contributed by atoms with E-state index in [0.29, 0.717) is 12.2 Å². The van der Waals surface area contributed by atoms with Gasteiger partial charge in [0.05, 0.1) is 12.7 Å². The fraction of sp³-hybridized carbons (Fsp3) is 0.296. The van der Waals surface area contributed by atoms with Crippen molar-refractivity contribution in [3.63, 3.8) is 0 Å². The van der Waals surface area contributed by atoms with Gasteiger partial charge >= 0.3 is 0 Å². The van der Waals surface area contributed by atoms with E-state index >= 15 is 0 Å². The fourth-order valence-corrected chi connectivity index (χ4v) is 4.13. The number of benzene rings is 3. The molecule has 0 aromatic heterocycles. The second-order valence-electron chi connectivity index (χ2n) is 8.07. The SMILES string of the molecule is O=C(NC1C(OCc2ccccc2)CCCCN1Cc1ccccc1)c1ccccc1. The average molecular weight is 415 g/mol. The highest BCUT2D eigenvalue weighted by atomic mass is 16.5. The van der Waals surface area contributed by atoms with E-state index in [1.807, 2.05) is 54.6 Å². The first kappa shape index (κ1) is 21.3. The number of carbonyl (C=O) groups excluding carboxylic acids is 1. The molecule has 4 nitrogen and oxygen atoms in total. The summed E-state index contributed by atoms with van der Waals surface area (Å²) in [4.78, 5) is 15.4. The van der Waals surface area contributed by atoms with E-state index in [4.69, 9.17) is 4.74 Å².